The Bertz CT molecular complexity index is 1560. The van der Waals surface area contributed by atoms with Crippen LogP contribution in [0.4, 0.5) is 28.7 Å². The van der Waals surface area contributed by atoms with Gasteiger partial charge in [0.2, 0.25) is 11.6 Å². The number of benzene rings is 3. The maximum atomic E-state index is 12.1. The van der Waals surface area contributed by atoms with Crippen LogP contribution >= 0.6 is 34.8 Å². The molecule has 4 aromatic rings. The molecule has 0 bridgehead atoms. The van der Waals surface area contributed by atoms with E-state index in [1.807, 2.05) is 0 Å². The van der Waals surface area contributed by atoms with Crippen LogP contribution in [0.25, 0.3) is 0 Å². The summed E-state index contributed by atoms with van der Waals surface area (Å²) < 4.78 is 5.31. The molecular weight excluding hydrogens is 551 g/mol. The Balaban J connectivity index is 1.70. The molecule has 4 rings (SSSR count). The number of nitrogens with zero attached hydrogens (tertiary/aromatic N) is 4. The van der Waals surface area contributed by atoms with Gasteiger partial charge in [0.05, 0.1) is 29.7 Å². The average Bonchev–Trinajstić information content (AvgIpc) is 2.88. The van der Waals surface area contributed by atoms with Gasteiger partial charge < -0.3 is 15.4 Å². The van der Waals surface area contributed by atoms with Gasteiger partial charge in [-0.05, 0) is 60.0 Å². The third kappa shape index (κ3) is 5.73. The first-order valence-corrected chi connectivity index (χ1v) is 12.2. The highest BCUT2D eigenvalue weighted by Crippen LogP contribution is 2.39. The van der Waals surface area contributed by atoms with Gasteiger partial charge >= 0.3 is 5.69 Å². The van der Waals surface area contributed by atoms with Crippen LogP contribution in [0.2, 0.25) is 15.1 Å². The molecule has 2 N–H and O–H groups in total. The van der Waals surface area contributed by atoms with E-state index in [1.54, 1.807) is 61.5 Å². The van der Waals surface area contributed by atoms with Crippen molar-refractivity contribution < 1.29 is 9.66 Å². The van der Waals surface area contributed by atoms with E-state index >= 15 is 0 Å². The Morgan fingerprint density at radius 1 is 0.974 bits per heavy atom. The number of nitrogens with one attached hydrogen (secondary N) is 2. The molecule has 1 aromatic heterocycles. The van der Waals surface area contributed by atoms with Crippen LogP contribution < -0.4 is 15.4 Å². The number of methoxy groups -OCH3 is 1. The second-order valence-electron chi connectivity index (χ2n) is 8.07. The normalized spacial score (nSPS) is 11.4. The van der Waals surface area contributed by atoms with Crippen molar-refractivity contribution in [2.75, 3.05) is 17.7 Å². The summed E-state index contributed by atoms with van der Waals surface area (Å²) in [6.07, 6.45) is 1.19. The van der Waals surface area contributed by atoms with Crippen LogP contribution in [-0.4, -0.2) is 22.0 Å². The Morgan fingerprint density at radius 2 is 1.61 bits per heavy atom. The zero-order valence-corrected chi connectivity index (χ0v) is 22.3. The summed E-state index contributed by atoms with van der Waals surface area (Å²) in [6.45, 7) is 1.79. The van der Waals surface area contributed by atoms with E-state index in [9.17, 15) is 15.4 Å². The van der Waals surface area contributed by atoms with E-state index < -0.39 is 16.5 Å². The summed E-state index contributed by atoms with van der Waals surface area (Å²) in [5, 5.41) is 29.1. The van der Waals surface area contributed by atoms with E-state index in [2.05, 4.69) is 26.7 Å². The summed E-state index contributed by atoms with van der Waals surface area (Å²) in [5.41, 5.74) is 2.48. The highest BCUT2D eigenvalue weighted by Gasteiger charge is 2.25. The Morgan fingerprint density at radius 3 is 2.21 bits per heavy atom. The fourth-order valence-corrected chi connectivity index (χ4v) is 4.38. The summed E-state index contributed by atoms with van der Waals surface area (Å²) in [7, 11) is 1.47. The number of anilines is 4. The minimum absolute atomic E-state index is 0.0602. The van der Waals surface area contributed by atoms with E-state index in [1.165, 1.54) is 13.4 Å². The maximum Gasteiger partial charge on any atom is 0.353 e. The van der Waals surface area contributed by atoms with Crippen molar-refractivity contribution in [3.8, 4) is 11.8 Å². The van der Waals surface area contributed by atoms with Crippen LogP contribution in [0, 0.1) is 28.4 Å². The zero-order chi connectivity index (χ0) is 27.4. The molecule has 12 heteroatoms. The van der Waals surface area contributed by atoms with E-state index in [0.29, 0.717) is 43.3 Å². The van der Waals surface area contributed by atoms with Crippen LogP contribution in [0.15, 0.2) is 60.9 Å². The lowest BCUT2D eigenvalue weighted by Crippen LogP contribution is -2.07. The summed E-state index contributed by atoms with van der Waals surface area (Å²) >= 11 is 18.7. The van der Waals surface area contributed by atoms with Gasteiger partial charge in [-0.1, -0.05) is 53.0 Å². The minimum atomic E-state index is -0.635. The molecule has 0 aliphatic rings. The second-order valence-corrected chi connectivity index (χ2v) is 9.35. The van der Waals surface area contributed by atoms with E-state index in [4.69, 9.17) is 39.5 Å². The lowest BCUT2D eigenvalue weighted by atomic mass is 9.91. The summed E-state index contributed by atoms with van der Waals surface area (Å²) in [5.74, 6) is -0.345. The van der Waals surface area contributed by atoms with Gasteiger partial charge in [-0.3, -0.25) is 10.1 Å². The van der Waals surface area contributed by atoms with Crippen molar-refractivity contribution in [2.24, 2.45) is 0 Å². The summed E-state index contributed by atoms with van der Waals surface area (Å²) in [6, 6.07) is 17.4. The monoisotopic (exact) mass is 568 g/mol. The molecule has 0 saturated heterocycles. The predicted octanol–water partition coefficient (Wildman–Crippen LogP) is 7.80. The molecule has 192 valence electrons. The van der Waals surface area contributed by atoms with E-state index in [0.717, 1.165) is 5.56 Å². The number of ether oxygens (including phenoxy) is 1. The fourth-order valence-electron chi connectivity index (χ4n) is 3.81. The smallest absolute Gasteiger partial charge is 0.353 e. The average molecular weight is 570 g/mol. The second kappa shape index (κ2) is 11.5. The lowest BCUT2D eigenvalue weighted by Gasteiger charge is -2.17. The summed E-state index contributed by atoms with van der Waals surface area (Å²) in [4.78, 5) is 19.6. The number of aromatic nitrogens is 2. The molecule has 0 aliphatic carbocycles. The van der Waals surface area contributed by atoms with Gasteiger partial charge in [-0.15, -0.1) is 0 Å². The molecule has 1 unspecified atom stereocenters. The molecule has 0 amide bonds. The molecule has 1 heterocycles. The Kier molecular flexibility index (Phi) is 8.17. The van der Waals surface area contributed by atoms with Gasteiger partial charge in [0.1, 0.15) is 12.1 Å². The number of nitro groups is 1. The van der Waals surface area contributed by atoms with Crippen LogP contribution in [-0.2, 0) is 0 Å². The van der Waals surface area contributed by atoms with Crippen LogP contribution in [0.3, 0.4) is 0 Å². The van der Waals surface area contributed by atoms with Gasteiger partial charge in [0.25, 0.3) is 0 Å². The van der Waals surface area contributed by atoms with Gasteiger partial charge in [-0.25, -0.2) is 9.97 Å². The first-order chi connectivity index (χ1) is 18.2. The van der Waals surface area contributed by atoms with Crippen molar-refractivity contribution in [1.29, 1.82) is 5.26 Å². The van der Waals surface area contributed by atoms with Crippen molar-refractivity contribution in [1.82, 2.24) is 9.97 Å². The van der Waals surface area contributed by atoms with Gasteiger partial charge in [-0.2, -0.15) is 5.26 Å². The number of aryl methyl sites for hydroxylation is 1. The molecule has 0 aliphatic heterocycles. The maximum absolute atomic E-state index is 12.1. The first-order valence-electron chi connectivity index (χ1n) is 11.0. The van der Waals surface area contributed by atoms with Gasteiger partial charge in [0, 0.05) is 20.8 Å². The molecule has 1 atom stereocenters. The molecule has 0 radical (unpaired) electrons. The molecule has 3 aromatic carbocycles. The van der Waals surface area contributed by atoms with E-state index in [-0.39, 0.29) is 11.6 Å². The third-order valence-corrected chi connectivity index (χ3v) is 6.47. The molecule has 9 nitrogen and oxygen atoms in total. The number of nitriles is 1. The van der Waals surface area contributed by atoms with Crippen molar-refractivity contribution in [2.45, 2.75) is 12.8 Å². The van der Waals surface area contributed by atoms with Crippen molar-refractivity contribution in [3.05, 3.63) is 103 Å². The van der Waals surface area contributed by atoms with Crippen molar-refractivity contribution >= 4 is 63.5 Å². The van der Waals surface area contributed by atoms with Gasteiger partial charge in [0.15, 0.2) is 0 Å². The van der Waals surface area contributed by atoms with Crippen LogP contribution in [0.1, 0.15) is 22.6 Å². The molecule has 0 spiro atoms. The number of rotatable bonds is 8. The zero-order valence-electron chi connectivity index (χ0n) is 20.0. The molecular formula is C26H19Cl3N6O3. The highest BCUT2D eigenvalue weighted by atomic mass is 35.5. The Labute approximate surface area is 233 Å². The number of halogens is 3. The van der Waals surface area contributed by atoms with Crippen LogP contribution in [0.5, 0.6) is 5.75 Å². The first kappa shape index (κ1) is 26.9. The largest absolute Gasteiger partial charge is 0.495 e. The standard InChI is InChI=1S/C26H19Cl3N6O3/c1-14-9-18(19(12-30)15-3-5-16(27)6-4-15)20(29)11-21(14)33-25-24(35(36)37)26(32-13-31-25)34-22-10-17(28)7-8-23(22)38-2/h3-11,13,19H,1-2H3,(H2,31,32,33,34). The third-order valence-electron chi connectivity index (χ3n) is 5.66. The minimum Gasteiger partial charge on any atom is -0.495 e. The number of hydrogen-bond donors (Lipinski definition) is 2. The van der Waals surface area contributed by atoms with Crippen molar-refractivity contribution in [3.63, 3.8) is 0 Å². The lowest BCUT2D eigenvalue weighted by molar-refractivity contribution is -0.383. The Hall–Kier alpha value is -4.10. The molecule has 0 saturated carbocycles. The number of hydrogen-bond acceptors (Lipinski definition) is 8. The highest BCUT2D eigenvalue weighted by molar-refractivity contribution is 6.32. The predicted molar refractivity (Wildman–Crippen MR) is 148 cm³/mol. The fraction of sp³-hybridized carbons (Fsp3) is 0.115. The topological polar surface area (TPSA) is 126 Å². The molecule has 38 heavy (non-hydrogen) atoms. The quantitative estimate of drug-likeness (QED) is 0.162. The SMILES string of the molecule is COc1ccc(Cl)cc1Nc1ncnc(Nc2cc(Cl)c(C(C#N)c3ccc(Cl)cc3)cc2C)c1[N+](=O)[O-]. The molecule has 0 fully saturated rings.